The molecule has 3 saturated heterocycles. The van der Waals surface area contributed by atoms with E-state index in [0.29, 0.717) is 17.3 Å². The predicted molar refractivity (Wildman–Crippen MR) is 104 cm³/mol. The third kappa shape index (κ3) is 2.99. The van der Waals surface area contributed by atoms with Crippen molar-refractivity contribution in [3.63, 3.8) is 0 Å². The van der Waals surface area contributed by atoms with Crippen LogP contribution in [0.25, 0.3) is 10.9 Å². The molecule has 1 N–H and O–H groups in total. The van der Waals surface area contributed by atoms with E-state index in [1.54, 1.807) is 7.11 Å². The number of hydrogen-bond donors (Lipinski definition) is 1. The highest BCUT2D eigenvalue weighted by molar-refractivity contribution is 5.83. The van der Waals surface area contributed by atoms with Gasteiger partial charge in [0.25, 0.3) is 0 Å². The number of rotatable bonds is 3. The molecule has 4 heteroatoms. The van der Waals surface area contributed by atoms with E-state index in [4.69, 9.17) is 4.74 Å². The molecular formula is C22H30N2O2. The highest BCUT2D eigenvalue weighted by atomic mass is 16.5. The molecule has 2 aromatic rings. The molecular weight excluding hydrogens is 324 g/mol. The summed E-state index contributed by atoms with van der Waals surface area (Å²) < 4.78 is 5.38. The Morgan fingerprint density at radius 1 is 1.27 bits per heavy atom. The first-order valence-electron chi connectivity index (χ1n) is 9.73. The molecule has 3 aliphatic rings. The van der Waals surface area contributed by atoms with Crippen molar-refractivity contribution >= 4 is 10.9 Å². The van der Waals surface area contributed by atoms with E-state index < -0.39 is 6.10 Å². The zero-order chi connectivity index (χ0) is 18.5. The smallest absolute Gasteiger partial charge is 0.119 e. The number of ether oxygens (including phenoxy) is 1. The molecule has 3 fully saturated rings. The molecule has 4 heterocycles. The van der Waals surface area contributed by atoms with Crippen molar-refractivity contribution in [2.75, 3.05) is 20.2 Å². The monoisotopic (exact) mass is 354 g/mol. The molecule has 1 aromatic carbocycles. The van der Waals surface area contributed by atoms with E-state index in [2.05, 4.69) is 30.7 Å². The van der Waals surface area contributed by atoms with Crippen molar-refractivity contribution in [3.8, 4) is 5.75 Å². The van der Waals surface area contributed by atoms with Gasteiger partial charge in [-0.1, -0.05) is 20.8 Å². The summed E-state index contributed by atoms with van der Waals surface area (Å²) in [5.41, 5.74) is 2.21. The van der Waals surface area contributed by atoms with Crippen molar-refractivity contribution in [2.45, 2.75) is 45.8 Å². The van der Waals surface area contributed by atoms with Gasteiger partial charge in [0.15, 0.2) is 0 Å². The first-order valence-corrected chi connectivity index (χ1v) is 9.73. The molecule has 0 spiro atoms. The Morgan fingerprint density at radius 2 is 2.08 bits per heavy atom. The number of hydrogen-bond acceptors (Lipinski definition) is 4. The minimum Gasteiger partial charge on any atom is -0.497 e. The Bertz CT molecular complexity index is 798. The molecule has 0 aliphatic carbocycles. The van der Waals surface area contributed by atoms with Crippen molar-refractivity contribution in [3.05, 3.63) is 36.0 Å². The van der Waals surface area contributed by atoms with Crippen LogP contribution in [0.15, 0.2) is 30.5 Å². The maximum absolute atomic E-state index is 11.3. The zero-order valence-corrected chi connectivity index (χ0v) is 16.3. The minimum absolute atomic E-state index is 0.198. The van der Waals surface area contributed by atoms with Gasteiger partial charge >= 0.3 is 0 Å². The first-order chi connectivity index (χ1) is 12.4. The first kappa shape index (κ1) is 17.7. The second-order valence-corrected chi connectivity index (χ2v) is 9.05. The van der Waals surface area contributed by atoms with Gasteiger partial charge < -0.3 is 9.84 Å². The Balaban J connectivity index is 1.65. The van der Waals surface area contributed by atoms with Crippen LogP contribution in [0.5, 0.6) is 5.75 Å². The number of fused-ring (bicyclic) bond motifs is 4. The second kappa shape index (κ2) is 6.50. The van der Waals surface area contributed by atoms with E-state index in [1.807, 2.05) is 30.5 Å². The molecule has 3 aliphatic heterocycles. The van der Waals surface area contributed by atoms with Crippen LogP contribution in [0.4, 0.5) is 0 Å². The lowest BCUT2D eigenvalue weighted by Crippen LogP contribution is -2.57. The van der Waals surface area contributed by atoms with Gasteiger partial charge in [-0.3, -0.25) is 9.88 Å². The van der Waals surface area contributed by atoms with E-state index in [9.17, 15) is 5.11 Å². The molecule has 0 amide bonds. The number of methoxy groups -OCH3 is 1. The number of benzene rings is 1. The Kier molecular flexibility index (Phi) is 4.44. The highest BCUT2D eigenvalue weighted by Gasteiger charge is 2.46. The number of pyridine rings is 1. The van der Waals surface area contributed by atoms with Crippen molar-refractivity contribution < 1.29 is 9.84 Å². The molecule has 0 radical (unpaired) electrons. The van der Waals surface area contributed by atoms with Crippen molar-refractivity contribution in [1.82, 2.24) is 9.88 Å². The molecule has 2 bridgehead atoms. The van der Waals surface area contributed by atoms with E-state index >= 15 is 0 Å². The second-order valence-electron chi connectivity index (χ2n) is 9.05. The summed E-state index contributed by atoms with van der Waals surface area (Å²) in [5, 5.41) is 12.3. The third-order valence-corrected chi connectivity index (χ3v) is 6.58. The van der Waals surface area contributed by atoms with Crippen molar-refractivity contribution in [1.29, 1.82) is 0 Å². The van der Waals surface area contributed by atoms with Crippen LogP contribution in [-0.2, 0) is 0 Å². The fourth-order valence-electron chi connectivity index (χ4n) is 5.12. The quantitative estimate of drug-likeness (QED) is 0.904. The molecule has 5 atom stereocenters. The molecule has 140 valence electrons. The summed E-state index contributed by atoms with van der Waals surface area (Å²) in [6, 6.07) is 8.05. The highest BCUT2D eigenvalue weighted by Crippen LogP contribution is 2.47. The fourth-order valence-corrected chi connectivity index (χ4v) is 5.12. The summed E-state index contributed by atoms with van der Waals surface area (Å²) in [5.74, 6) is 2.23. The van der Waals surface area contributed by atoms with Gasteiger partial charge in [0.05, 0.1) is 18.7 Å². The van der Waals surface area contributed by atoms with Gasteiger partial charge in [-0.15, -0.1) is 0 Å². The van der Waals surface area contributed by atoms with E-state index in [0.717, 1.165) is 41.7 Å². The largest absolute Gasteiger partial charge is 0.497 e. The average Bonchev–Trinajstić information content (AvgIpc) is 2.66. The minimum atomic E-state index is -0.490. The molecule has 4 nitrogen and oxygen atoms in total. The SMILES string of the molecule is COc1ccc2nccc([C@@H](O)C3CC4CCN3CC4C(C)(C)C)c2c1. The molecule has 0 saturated carbocycles. The van der Waals surface area contributed by atoms with Crippen LogP contribution in [0.1, 0.15) is 45.3 Å². The number of aromatic nitrogens is 1. The van der Waals surface area contributed by atoms with Gasteiger partial charge in [0.1, 0.15) is 5.75 Å². The number of piperidine rings is 3. The van der Waals surface area contributed by atoms with Crippen molar-refractivity contribution in [2.24, 2.45) is 17.3 Å². The normalized spacial score (nSPS) is 29.7. The average molecular weight is 354 g/mol. The summed E-state index contributed by atoms with van der Waals surface area (Å²) in [4.78, 5) is 6.98. The Hall–Kier alpha value is -1.65. The fraction of sp³-hybridized carbons (Fsp3) is 0.591. The maximum Gasteiger partial charge on any atom is 0.119 e. The van der Waals surface area contributed by atoms with Crippen LogP contribution in [-0.4, -0.2) is 41.2 Å². The Labute approximate surface area is 156 Å². The number of aliphatic hydroxyl groups is 1. The van der Waals surface area contributed by atoms with Gasteiger partial charge in [-0.05, 0) is 66.5 Å². The van der Waals surface area contributed by atoms with E-state index in [1.165, 1.54) is 6.42 Å². The lowest BCUT2D eigenvalue weighted by atomic mass is 9.64. The van der Waals surface area contributed by atoms with Crippen LogP contribution in [0, 0.1) is 17.3 Å². The topological polar surface area (TPSA) is 45.6 Å². The van der Waals surface area contributed by atoms with E-state index in [-0.39, 0.29) is 6.04 Å². The molecule has 1 aromatic heterocycles. The lowest BCUT2D eigenvalue weighted by molar-refractivity contribution is -0.0826. The molecule has 26 heavy (non-hydrogen) atoms. The zero-order valence-electron chi connectivity index (χ0n) is 16.3. The standard InChI is InChI=1S/C22H30N2O2/c1-22(2,3)18-13-24-10-8-14(18)11-20(24)21(25)16-7-9-23-19-6-5-15(26-4)12-17(16)19/h5-7,9,12,14,18,20-21,25H,8,10-11,13H2,1-4H3/t14?,18?,20?,21-/m1/s1. The number of nitrogens with zero attached hydrogens (tertiary/aromatic N) is 2. The summed E-state index contributed by atoms with van der Waals surface area (Å²) in [6.45, 7) is 9.27. The maximum atomic E-state index is 11.3. The third-order valence-electron chi connectivity index (χ3n) is 6.58. The van der Waals surface area contributed by atoms with Gasteiger partial charge in [-0.2, -0.15) is 0 Å². The summed E-state index contributed by atoms with van der Waals surface area (Å²) >= 11 is 0. The van der Waals surface area contributed by atoms with Crippen LogP contribution >= 0.6 is 0 Å². The van der Waals surface area contributed by atoms with Crippen LogP contribution in [0.3, 0.4) is 0 Å². The van der Waals surface area contributed by atoms with Gasteiger partial charge in [0, 0.05) is 24.2 Å². The predicted octanol–water partition coefficient (Wildman–Crippen LogP) is 4.03. The molecule has 5 rings (SSSR count). The summed E-state index contributed by atoms with van der Waals surface area (Å²) in [6.07, 6.45) is 3.66. The van der Waals surface area contributed by atoms with Gasteiger partial charge in [-0.25, -0.2) is 0 Å². The Morgan fingerprint density at radius 3 is 2.73 bits per heavy atom. The lowest BCUT2D eigenvalue weighted by Gasteiger charge is -2.54. The molecule has 4 unspecified atom stereocenters. The van der Waals surface area contributed by atoms with Crippen LogP contribution < -0.4 is 4.74 Å². The summed E-state index contributed by atoms with van der Waals surface area (Å²) in [7, 11) is 1.67. The van der Waals surface area contributed by atoms with Crippen LogP contribution in [0.2, 0.25) is 0 Å². The number of aliphatic hydroxyl groups excluding tert-OH is 1. The van der Waals surface area contributed by atoms with Gasteiger partial charge in [0.2, 0.25) is 0 Å².